The van der Waals surface area contributed by atoms with Gasteiger partial charge in [0, 0.05) is 66.8 Å². The molecule has 2 atom stereocenters. The van der Waals surface area contributed by atoms with Gasteiger partial charge in [-0.2, -0.15) is 13.2 Å². The zero-order chi connectivity index (χ0) is 42.3. The van der Waals surface area contributed by atoms with Crippen LogP contribution in [0.1, 0.15) is 53.2 Å². The summed E-state index contributed by atoms with van der Waals surface area (Å²) < 4.78 is 68.7. The highest BCUT2D eigenvalue weighted by Gasteiger charge is 2.46. The third-order valence-corrected chi connectivity index (χ3v) is 12.5. The fraction of sp³-hybridized carbons (Fsp3) is 0.400. The zero-order valence-corrected chi connectivity index (χ0v) is 37.1. The fourth-order valence-corrected chi connectivity index (χ4v) is 9.43. The monoisotopic (exact) mass is 919 g/mol. The number of aliphatic hydroxyl groups excluding tert-OH is 1. The van der Waals surface area contributed by atoms with Crippen molar-refractivity contribution in [2.24, 2.45) is 0 Å². The van der Waals surface area contributed by atoms with Gasteiger partial charge in [0.15, 0.2) is 17.3 Å². The molecule has 1 saturated heterocycles. The molecule has 0 spiro atoms. The highest BCUT2D eigenvalue weighted by Crippen LogP contribution is 2.53. The Balaban J connectivity index is 0.000000200. The normalized spacial score (nSPS) is 19.4. The number of anilines is 2. The van der Waals surface area contributed by atoms with Gasteiger partial charge in [-0.25, -0.2) is 0 Å². The maximum atomic E-state index is 13.6. The van der Waals surface area contributed by atoms with Crippen LogP contribution < -0.4 is 28.6 Å². The van der Waals surface area contributed by atoms with Crippen LogP contribution in [-0.2, 0) is 6.18 Å². The molecular weight excluding hydrogens is 870 g/mol. The van der Waals surface area contributed by atoms with Gasteiger partial charge >= 0.3 is 6.18 Å². The molecule has 0 aliphatic carbocycles. The van der Waals surface area contributed by atoms with Gasteiger partial charge in [0.1, 0.15) is 46.9 Å². The first-order valence-corrected chi connectivity index (χ1v) is 20.8. The van der Waals surface area contributed by atoms with Crippen LogP contribution >= 0.6 is 36.6 Å². The number of halogens is 5. The third kappa shape index (κ3) is 9.39. The molecule has 5 aliphatic heterocycles. The molecular formula is C45H50Cl2F3N3O8S. The second-order valence-electron chi connectivity index (χ2n) is 15.8. The van der Waals surface area contributed by atoms with Crippen molar-refractivity contribution in [2.75, 3.05) is 78.1 Å². The Bertz CT molecular complexity index is 2310. The summed E-state index contributed by atoms with van der Waals surface area (Å²) in [7, 11) is 3.07. The van der Waals surface area contributed by atoms with Gasteiger partial charge in [0.2, 0.25) is 0 Å². The van der Waals surface area contributed by atoms with Crippen molar-refractivity contribution >= 4 is 59.8 Å². The number of β-amino-alcohol motifs (C(OH)–C–C–N with tert-alkyl or cyclic N) is 1. The molecule has 334 valence electrons. The SMILES string of the molecule is COc1cc2c(cc1OC)C1C(=O)c3c(O)cc4c(c3OC1CO2)C=CC(C)(C)O4.Cl.Cl.OCCN1CCN(CCCN2c3ccccc3Sc3ccc(C(F)(F)F)cc32)CC1. The largest absolute Gasteiger partial charge is 0.507 e. The van der Waals surface area contributed by atoms with E-state index in [-0.39, 0.29) is 55.1 Å². The van der Waals surface area contributed by atoms with Crippen LogP contribution in [0.4, 0.5) is 24.5 Å². The number of piperazine rings is 1. The Morgan fingerprint density at radius 2 is 1.55 bits per heavy atom. The van der Waals surface area contributed by atoms with Gasteiger partial charge < -0.3 is 43.7 Å². The molecule has 0 amide bonds. The first-order chi connectivity index (χ1) is 28.8. The number of aliphatic hydroxyl groups is 1. The van der Waals surface area contributed by atoms with Crippen molar-refractivity contribution in [3.05, 3.63) is 89.0 Å². The molecule has 5 aliphatic rings. The summed E-state index contributed by atoms with van der Waals surface area (Å²) in [6.07, 6.45) is -0.248. The number of hydrogen-bond acceptors (Lipinski definition) is 12. The third-order valence-electron chi connectivity index (χ3n) is 11.4. The zero-order valence-electron chi connectivity index (χ0n) is 34.7. The van der Waals surface area contributed by atoms with Crippen LogP contribution in [0.2, 0.25) is 0 Å². The van der Waals surface area contributed by atoms with Crippen molar-refractivity contribution in [3.8, 4) is 34.5 Å². The predicted octanol–water partition coefficient (Wildman–Crippen LogP) is 8.87. The number of methoxy groups -OCH3 is 2. The number of Topliss-reactive ketones (excluding diaryl/α,β-unsaturated/α-hetero) is 1. The predicted molar refractivity (Wildman–Crippen MR) is 236 cm³/mol. The quantitative estimate of drug-likeness (QED) is 0.176. The Kier molecular flexibility index (Phi) is 14.5. The van der Waals surface area contributed by atoms with E-state index >= 15 is 0 Å². The molecule has 0 aromatic heterocycles. The summed E-state index contributed by atoms with van der Waals surface area (Å²) in [4.78, 5) is 22.2. The van der Waals surface area contributed by atoms with Crippen molar-refractivity contribution in [1.29, 1.82) is 0 Å². The van der Waals surface area contributed by atoms with Gasteiger partial charge in [-0.15, -0.1) is 24.8 Å². The number of carbonyl (C=O) groups is 1. The first kappa shape index (κ1) is 47.0. The Morgan fingerprint density at radius 1 is 0.871 bits per heavy atom. The summed E-state index contributed by atoms with van der Waals surface area (Å²) in [6.45, 7) is 10.3. The minimum Gasteiger partial charge on any atom is -0.507 e. The maximum Gasteiger partial charge on any atom is 0.416 e. The van der Waals surface area contributed by atoms with Crippen molar-refractivity contribution in [3.63, 3.8) is 0 Å². The fourth-order valence-electron chi connectivity index (χ4n) is 8.35. The van der Waals surface area contributed by atoms with E-state index in [1.54, 1.807) is 25.3 Å². The van der Waals surface area contributed by atoms with E-state index in [0.717, 1.165) is 54.6 Å². The van der Waals surface area contributed by atoms with Crippen molar-refractivity contribution in [2.45, 2.75) is 53.9 Å². The second kappa shape index (κ2) is 19.1. The van der Waals surface area contributed by atoms with E-state index in [2.05, 4.69) is 9.80 Å². The number of benzene rings is 4. The molecule has 11 nitrogen and oxygen atoms in total. The van der Waals surface area contributed by atoms with Crippen LogP contribution in [0.25, 0.3) is 6.08 Å². The summed E-state index contributed by atoms with van der Waals surface area (Å²) in [5, 5.41) is 19.8. The van der Waals surface area contributed by atoms with Crippen LogP contribution in [0.15, 0.2) is 76.5 Å². The van der Waals surface area contributed by atoms with Gasteiger partial charge in [0.25, 0.3) is 0 Å². The highest BCUT2D eigenvalue weighted by molar-refractivity contribution is 7.99. The number of phenolic OH excluding ortho intramolecular Hbond substituents is 1. The maximum absolute atomic E-state index is 13.6. The van der Waals surface area contributed by atoms with Crippen LogP contribution in [0.3, 0.4) is 0 Å². The number of hydrogen-bond donors (Lipinski definition) is 2. The number of aromatic hydroxyl groups is 1. The molecule has 2 N–H and O–H groups in total. The molecule has 0 saturated carbocycles. The Morgan fingerprint density at radius 3 is 2.24 bits per heavy atom. The average molecular weight is 921 g/mol. The van der Waals surface area contributed by atoms with Crippen molar-refractivity contribution < 1.29 is 51.9 Å². The van der Waals surface area contributed by atoms with E-state index in [1.165, 1.54) is 37.1 Å². The molecule has 62 heavy (non-hydrogen) atoms. The summed E-state index contributed by atoms with van der Waals surface area (Å²) in [5.41, 5.74) is 1.94. The summed E-state index contributed by atoms with van der Waals surface area (Å²) in [5.74, 6) is 1.34. The number of rotatable bonds is 8. The lowest BCUT2D eigenvalue weighted by Crippen LogP contribution is -2.47. The topological polar surface area (TPSA) is 113 Å². The smallest absolute Gasteiger partial charge is 0.416 e. The molecule has 0 bridgehead atoms. The van der Waals surface area contributed by atoms with Crippen LogP contribution in [-0.4, -0.2) is 111 Å². The molecule has 17 heteroatoms. The molecule has 0 radical (unpaired) electrons. The van der Waals surface area contributed by atoms with E-state index in [4.69, 9.17) is 28.8 Å². The Hall–Kier alpha value is -4.51. The van der Waals surface area contributed by atoms with E-state index < -0.39 is 29.4 Å². The lowest BCUT2D eigenvalue weighted by molar-refractivity contribution is -0.137. The number of nitrogens with zero attached hydrogens (tertiary/aromatic N) is 3. The van der Waals surface area contributed by atoms with Crippen LogP contribution in [0, 0.1) is 0 Å². The van der Waals surface area contributed by atoms with E-state index in [9.17, 15) is 23.1 Å². The number of fused-ring (bicyclic) bond motifs is 8. The lowest BCUT2D eigenvalue weighted by atomic mass is 9.80. The number of para-hydroxylation sites is 1. The first-order valence-electron chi connectivity index (χ1n) is 20.0. The number of ether oxygens (including phenoxy) is 5. The number of ketones is 1. The number of phenols is 1. The molecule has 4 aromatic carbocycles. The minimum atomic E-state index is -4.35. The molecule has 5 heterocycles. The van der Waals surface area contributed by atoms with Gasteiger partial charge in [-0.05, 0) is 75.4 Å². The van der Waals surface area contributed by atoms with E-state index in [0.29, 0.717) is 58.7 Å². The van der Waals surface area contributed by atoms with E-state index in [1.807, 2.05) is 55.2 Å². The van der Waals surface area contributed by atoms with Gasteiger partial charge in [-0.1, -0.05) is 23.9 Å². The van der Waals surface area contributed by atoms with Crippen LogP contribution in [0.5, 0.6) is 34.5 Å². The summed E-state index contributed by atoms with van der Waals surface area (Å²) in [6, 6.07) is 16.9. The minimum absolute atomic E-state index is 0. The molecule has 2 unspecified atom stereocenters. The number of carbonyl (C=O) groups excluding carboxylic acids is 1. The Labute approximate surface area is 375 Å². The molecule has 1 fully saturated rings. The number of alkyl halides is 3. The van der Waals surface area contributed by atoms with Gasteiger partial charge in [-0.3, -0.25) is 9.69 Å². The average Bonchev–Trinajstić information content (AvgIpc) is 3.22. The van der Waals surface area contributed by atoms with Gasteiger partial charge in [0.05, 0.1) is 49.2 Å². The summed E-state index contributed by atoms with van der Waals surface area (Å²) >= 11 is 1.53. The second-order valence-corrected chi connectivity index (χ2v) is 16.9. The van der Waals surface area contributed by atoms with Crippen molar-refractivity contribution in [1.82, 2.24) is 9.80 Å². The lowest BCUT2D eigenvalue weighted by Gasteiger charge is -2.39. The highest BCUT2D eigenvalue weighted by atomic mass is 35.5. The standard InChI is InChI=1S/C23H22O7.C22H26F3N3OS.2ClH/c1-23(2)6-5-11-15(30-23)8-13(24)20-21(25)19-12-7-16(26-3)17(27-4)9-14(12)28-10-18(19)29-22(11)20;23-22(24,25)17-6-7-21-19(16-17)28(18-4-1-2-5-20(18)30-21)9-3-8-26-10-12-27(13-11-26)14-15-29;;/h5-9,18-19,24H,10H2,1-4H3;1-2,4-7,16,29H,3,8-15H2;2*1H. The molecule has 9 rings (SSSR count). The molecule has 4 aromatic rings.